The fourth-order valence-electron chi connectivity index (χ4n) is 2.22. The van der Waals surface area contributed by atoms with Crippen LogP contribution in [0.2, 0.25) is 5.02 Å². The van der Waals surface area contributed by atoms with Gasteiger partial charge in [-0.3, -0.25) is 9.78 Å². The summed E-state index contributed by atoms with van der Waals surface area (Å²) in [5.74, 6) is 1.83. The molecule has 1 aromatic carbocycles. The molecule has 25 heavy (non-hydrogen) atoms. The molecule has 2 heterocycles. The van der Waals surface area contributed by atoms with Gasteiger partial charge in [-0.05, 0) is 55.5 Å². The van der Waals surface area contributed by atoms with Crippen molar-refractivity contribution < 1.29 is 13.9 Å². The quantitative estimate of drug-likeness (QED) is 0.456. The number of allylic oxidation sites excluding steroid dienone is 1. The number of aromatic nitrogens is 1. The molecule has 5 heteroatoms. The number of carbonyl (C=O) groups is 1. The third kappa shape index (κ3) is 4.37. The first-order chi connectivity index (χ1) is 12.1. The molecule has 3 rings (SSSR count). The summed E-state index contributed by atoms with van der Waals surface area (Å²) in [6.45, 7) is 2.18. The molecule has 0 unspecified atom stereocenters. The van der Waals surface area contributed by atoms with Crippen molar-refractivity contribution in [3.05, 3.63) is 88.6 Å². The minimum absolute atomic E-state index is 0.128. The lowest BCUT2D eigenvalue weighted by Gasteiger charge is -2.08. The number of benzene rings is 1. The molecular weight excluding hydrogens is 338 g/mol. The van der Waals surface area contributed by atoms with E-state index in [9.17, 15) is 4.79 Å². The molecule has 0 aliphatic rings. The lowest BCUT2D eigenvalue weighted by molar-refractivity contribution is 0.104. The van der Waals surface area contributed by atoms with Crippen molar-refractivity contribution in [2.45, 2.75) is 13.5 Å². The van der Waals surface area contributed by atoms with E-state index >= 15 is 0 Å². The molecule has 0 amide bonds. The van der Waals surface area contributed by atoms with E-state index in [0.29, 0.717) is 27.9 Å². The number of furan rings is 1. The lowest BCUT2D eigenvalue weighted by Crippen LogP contribution is -1.95. The van der Waals surface area contributed by atoms with Gasteiger partial charge in [-0.15, -0.1) is 0 Å². The summed E-state index contributed by atoms with van der Waals surface area (Å²) in [5.41, 5.74) is 1.42. The van der Waals surface area contributed by atoms with Crippen molar-refractivity contribution in [3.63, 3.8) is 0 Å². The maximum absolute atomic E-state index is 12.0. The van der Waals surface area contributed by atoms with Gasteiger partial charge in [0.05, 0.1) is 0 Å². The monoisotopic (exact) mass is 353 g/mol. The Morgan fingerprint density at radius 2 is 2.12 bits per heavy atom. The Morgan fingerprint density at radius 3 is 2.92 bits per heavy atom. The molecular formula is C20H16ClNO3. The zero-order valence-electron chi connectivity index (χ0n) is 13.6. The Morgan fingerprint density at radius 1 is 1.24 bits per heavy atom. The van der Waals surface area contributed by atoms with Crippen LogP contribution in [0.15, 0.2) is 65.4 Å². The first kappa shape index (κ1) is 17.0. The Labute approximate surface area is 150 Å². The molecule has 0 N–H and O–H groups in total. The van der Waals surface area contributed by atoms with Gasteiger partial charge in [0.1, 0.15) is 23.9 Å². The van der Waals surface area contributed by atoms with Gasteiger partial charge in [0.2, 0.25) is 0 Å². The van der Waals surface area contributed by atoms with Gasteiger partial charge in [0.25, 0.3) is 0 Å². The Hall–Kier alpha value is -2.85. The van der Waals surface area contributed by atoms with Gasteiger partial charge < -0.3 is 9.15 Å². The van der Waals surface area contributed by atoms with Crippen LogP contribution in [0.4, 0.5) is 0 Å². The van der Waals surface area contributed by atoms with Crippen LogP contribution in [0.25, 0.3) is 6.08 Å². The number of halogens is 1. The van der Waals surface area contributed by atoms with Crippen LogP contribution in [-0.2, 0) is 6.61 Å². The van der Waals surface area contributed by atoms with Crippen molar-refractivity contribution in [1.82, 2.24) is 4.98 Å². The molecule has 0 aliphatic heterocycles. The number of pyridine rings is 1. The molecule has 0 spiro atoms. The predicted molar refractivity (Wildman–Crippen MR) is 96.8 cm³/mol. The second-order valence-corrected chi connectivity index (χ2v) is 5.80. The number of rotatable bonds is 6. The van der Waals surface area contributed by atoms with Crippen molar-refractivity contribution >= 4 is 23.5 Å². The maximum Gasteiger partial charge on any atom is 0.187 e. The zero-order valence-corrected chi connectivity index (χ0v) is 14.4. The fourth-order valence-corrected chi connectivity index (χ4v) is 2.38. The average molecular weight is 354 g/mol. The van der Waals surface area contributed by atoms with Crippen molar-refractivity contribution in [3.8, 4) is 5.75 Å². The minimum atomic E-state index is -0.128. The number of carbonyl (C=O) groups excluding carboxylic acids is 1. The van der Waals surface area contributed by atoms with Crippen LogP contribution in [0.3, 0.4) is 0 Å². The highest BCUT2D eigenvalue weighted by Gasteiger charge is 2.06. The summed E-state index contributed by atoms with van der Waals surface area (Å²) in [5, 5.41) is 0.662. The molecule has 4 nitrogen and oxygen atoms in total. The molecule has 0 aliphatic carbocycles. The molecule has 0 fully saturated rings. The fraction of sp³-hybridized carbons (Fsp3) is 0.100. The first-order valence-electron chi connectivity index (χ1n) is 7.72. The van der Waals surface area contributed by atoms with E-state index in [2.05, 4.69) is 4.98 Å². The Kier molecular flexibility index (Phi) is 5.31. The van der Waals surface area contributed by atoms with Gasteiger partial charge in [-0.25, -0.2) is 0 Å². The number of ether oxygens (including phenoxy) is 1. The normalized spacial score (nSPS) is 11.0. The smallest absolute Gasteiger partial charge is 0.187 e. The summed E-state index contributed by atoms with van der Waals surface area (Å²) < 4.78 is 11.4. The maximum atomic E-state index is 12.0. The van der Waals surface area contributed by atoms with E-state index in [1.807, 2.05) is 31.2 Å². The topological polar surface area (TPSA) is 52.3 Å². The largest absolute Gasteiger partial charge is 0.485 e. The zero-order chi connectivity index (χ0) is 17.6. The van der Waals surface area contributed by atoms with E-state index in [4.69, 9.17) is 20.8 Å². The van der Waals surface area contributed by atoms with Gasteiger partial charge in [-0.1, -0.05) is 17.7 Å². The third-order valence-electron chi connectivity index (χ3n) is 3.62. The van der Waals surface area contributed by atoms with E-state index < -0.39 is 0 Å². The van der Waals surface area contributed by atoms with Crippen LogP contribution in [0.1, 0.15) is 27.4 Å². The highest BCUT2D eigenvalue weighted by Crippen LogP contribution is 2.26. The standard InChI is InChI=1S/C20H16ClNO3/c1-14-18(21)5-2-6-20(14)24-13-17-8-7-16(25-17)9-10-19(23)15-4-3-11-22-12-15/h2-12H,13H2,1H3/b10-9+. The van der Waals surface area contributed by atoms with Crippen LogP contribution in [0.5, 0.6) is 5.75 Å². The molecule has 0 radical (unpaired) electrons. The average Bonchev–Trinajstić information content (AvgIpc) is 3.09. The van der Waals surface area contributed by atoms with Gasteiger partial charge >= 0.3 is 0 Å². The van der Waals surface area contributed by atoms with Gasteiger partial charge in [0.15, 0.2) is 5.78 Å². The second kappa shape index (κ2) is 7.81. The third-order valence-corrected chi connectivity index (χ3v) is 4.02. The number of hydrogen-bond donors (Lipinski definition) is 0. The summed E-state index contributed by atoms with van der Waals surface area (Å²) >= 11 is 6.07. The Bertz CT molecular complexity index is 900. The van der Waals surface area contributed by atoms with E-state index in [1.165, 1.54) is 12.3 Å². The summed E-state index contributed by atoms with van der Waals surface area (Å²) in [6.07, 6.45) is 6.24. The molecule has 126 valence electrons. The van der Waals surface area contributed by atoms with Crippen LogP contribution < -0.4 is 4.74 Å². The summed E-state index contributed by atoms with van der Waals surface area (Å²) in [6, 6.07) is 12.6. The molecule has 2 aromatic heterocycles. The van der Waals surface area contributed by atoms with Gasteiger partial charge in [0, 0.05) is 28.5 Å². The number of nitrogens with zero attached hydrogens (tertiary/aromatic N) is 1. The molecule has 0 saturated carbocycles. The molecule has 0 saturated heterocycles. The van der Waals surface area contributed by atoms with E-state index in [1.54, 1.807) is 30.5 Å². The van der Waals surface area contributed by atoms with Crippen molar-refractivity contribution in [1.29, 1.82) is 0 Å². The lowest BCUT2D eigenvalue weighted by atomic mass is 10.2. The first-order valence-corrected chi connectivity index (χ1v) is 8.10. The number of ketones is 1. The second-order valence-electron chi connectivity index (χ2n) is 5.40. The van der Waals surface area contributed by atoms with Gasteiger partial charge in [-0.2, -0.15) is 0 Å². The number of hydrogen-bond acceptors (Lipinski definition) is 4. The van der Waals surface area contributed by atoms with Crippen LogP contribution in [0, 0.1) is 6.92 Å². The Balaban J connectivity index is 1.62. The van der Waals surface area contributed by atoms with Crippen molar-refractivity contribution in [2.24, 2.45) is 0 Å². The molecule has 3 aromatic rings. The highest BCUT2D eigenvalue weighted by atomic mass is 35.5. The van der Waals surface area contributed by atoms with E-state index in [-0.39, 0.29) is 12.4 Å². The molecule has 0 atom stereocenters. The SMILES string of the molecule is Cc1c(Cl)cccc1OCc1ccc(/C=C/C(=O)c2cccnc2)o1. The minimum Gasteiger partial charge on any atom is -0.485 e. The molecule has 0 bridgehead atoms. The van der Waals surface area contributed by atoms with Crippen molar-refractivity contribution in [2.75, 3.05) is 0 Å². The summed E-state index contributed by atoms with van der Waals surface area (Å²) in [4.78, 5) is 15.9. The highest BCUT2D eigenvalue weighted by molar-refractivity contribution is 6.31. The van der Waals surface area contributed by atoms with Crippen LogP contribution in [-0.4, -0.2) is 10.8 Å². The van der Waals surface area contributed by atoms with E-state index in [0.717, 1.165) is 5.56 Å². The predicted octanol–water partition coefficient (Wildman–Crippen LogP) is 5.11. The van der Waals surface area contributed by atoms with Crippen LogP contribution >= 0.6 is 11.6 Å². The summed E-state index contributed by atoms with van der Waals surface area (Å²) in [7, 11) is 0.